The number of hydrogen-bond donors (Lipinski definition) is 2. The van der Waals surface area contributed by atoms with Crippen molar-refractivity contribution in [3.05, 3.63) is 101 Å². The minimum Gasteiger partial charge on any atom is -0.483 e. The van der Waals surface area contributed by atoms with E-state index in [0.29, 0.717) is 12.3 Å². The number of thioether (sulfide) groups is 1. The average Bonchev–Trinajstić information content (AvgIpc) is 3.29. The van der Waals surface area contributed by atoms with E-state index in [-0.39, 0.29) is 24.8 Å². The first-order chi connectivity index (χ1) is 20.1. The van der Waals surface area contributed by atoms with E-state index in [1.807, 2.05) is 100 Å². The molecule has 2 fully saturated rings. The minimum absolute atomic E-state index is 0.142. The van der Waals surface area contributed by atoms with Crippen LogP contribution in [0.25, 0.3) is 0 Å². The molecule has 0 radical (unpaired) electrons. The summed E-state index contributed by atoms with van der Waals surface area (Å²) in [5.74, 6) is -0.255. The van der Waals surface area contributed by atoms with Gasteiger partial charge in [0.2, 0.25) is 5.91 Å². The molecule has 3 aromatic rings. The Morgan fingerprint density at radius 3 is 2.33 bits per heavy atom. The summed E-state index contributed by atoms with van der Waals surface area (Å²) in [5.41, 5.74) is 4.84. The lowest BCUT2D eigenvalue weighted by atomic mass is 9.91. The maximum absolute atomic E-state index is 13.7. The minimum atomic E-state index is -1.55. The highest BCUT2D eigenvalue weighted by Gasteiger charge is 2.65. The molecule has 2 aliphatic rings. The van der Waals surface area contributed by atoms with Gasteiger partial charge in [0.1, 0.15) is 16.7 Å². The smallest absolute Gasteiger partial charge is 0.258 e. The summed E-state index contributed by atoms with van der Waals surface area (Å²) < 4.78 is 5.81. The summed E-state index contributed by atoms with van der Waals surface area (Å²) in [7, 11) is 0. The van der Waals surface area contributed by atoms with E-state index in [4.69, 9.17) is 4.74 Å². The van der Waals surface area contributed by atoms with Crippen molar-refractivity contribution in [3.8, 4) is 5.75 Å². The van der Waals surface area contributed by atoms with Crippen LogP contribution >= 0.6 is 11.8 Å². The van der Waals surface area contributed by atoms with Gasteiger partial charge >= 0.3 is 0 Å². The Kier molecular flexibility index (Phi) is 8.61. The van der Waals surface area contributed by atoms with Crippen molar-refractivity contribution in [2.24, 2.45) is 0 Å². The highest BCUT2D eigenvalue weighted by Crippen LogP contribution is 2.51. The molecule has 2 N–H and O–H groups in total. The van der Waals surface area contributed by atoms with Crippen LogP contribution in [-0.4, -0.2) is 68.2 Å². The SMILES string of the molecule is Cc1ccccc1CN1C(=O)[C@H]2N(C(=O)[C@@H](O)[C@H](Cc3ccccc3)NC(=O)COc3c(C)cccc3C)CSC21C. The van der Waals surface area contributed by atoms with Crippen LogP contribution in [0.15, 0.2) is 72.8 Å². The zero-order valence-corrected chi connectivity index (χ0v) is 25.2. The summed E-state index contributed by atoms with van der Waals surface area (Å²) in [4.78, 5) is 42.8. The number of likely N-dealkylation sites (tertiary alicyclic amines) is 1. The molecule has 9 heteroatoms. The van der Waals surface area contributed by atoms with E-state index in [9.17, 15) is 19.5 Å². The number of amides is 3. The lowest BCUT2D eigenvalue weighted by Gasteiger charge is -2.53. The molecule has 4 atom stereocenters. The molecule has 0 aliphatic carbocycles. The van der Waals surface area contributed by atoms with E-state index in [2.05, 4.69) is 5.32 Å². The van der Waals surface area contributed by atoms with Crippen molar-refractivity contribution in [1.29, 1.82) is 0 Å². The molecule has 2 saturated heterocycles. The fraction of sp³-hybridized carbons (Fsp3) is 0.364. The average molecular weight is 588 g/mol. The van der Waals surface area contributed by atoms with Gasteiger partial charge in [-0.15, -0.1) is 11.8 Å². The predicted molar refractivity (Wildman–Crippen MR) is 163 cm³/mol. The van der Waals surface area contributed by atoms with Crippen molar-refractivity contribution in [1.82, 2.24) is 15.1 Å². The van der Waals surface area contributed by atoms with Gasteiger partial charge in [-0.1, -0.05) is 72.8 Å². The normalized spacial score (nSPS) is 20.9. The van der Waals surface area contributed by atoms with Crippen molar-refractivity contribution in [2.45, 2.75) is 63.7 Å². The zero-order valence-electron chi connectivity index (χ0n) is 24.4. The number of para-hydroxylation sites is 1. The van der Waals surface area contributed by atoms with Crippen LogP contribution in [-0.2, 0) is 27.3 Å². The van der Waals surface area contributed by atoms with Gasteiger partial charge in [-0.05, 0) is 61.9 Å². The molecule has 42 heavy (non-hydrogen) atoms. The Morgan fingerprint density at radius 1 is 1.00 bits per heavy atom. The summed E-state index contributed by atoms with van der Waals surface area (Å²) in [6.45, 7) is 8.00. The molecule has 2 heterocycles. The quantitative estimate of drug-likeness (QED) is 0.351. The van der Waals surface area contributed by atoms with E-state index in [1.54, 1.807) is 4.90 Å². The number of hydrogen-bond acceptors (Lipinski definition) is 6. The third kappa shape index (κ3) is 5.76. The third-order valence-electron chi connectivity index (χ3n) is 8.26. The molecule has 2 aliphatic heterocycles. The third-order valence-corrected chi connectivity index (χ3v) is 9.69. The van der Waals surface area contributed by atoms with Gasteiger partial charge in [-0.3, -0.25) is 14.4 Å². The fourth-order valence-corrected chi connectivity index (χ4v) is 7.15. The van der Waals surface area contributed by atoms with Crippen LogP contribution in [0.5, 0.6) is 5.75 Å². The van der Waals surface area contributed by atoms with Gasteiger partial charge < -0.3 is 25.0 Å². The molecular weight excluding hydrogens is 550 g/mol. The molecule has 1 unspecified atom stereocenters. The first-order valence-corrected chi connectivity index (χ1v) is 15.1. The number of β-lactam (4-membered cyclic amide) rings is 1. The standard InChI is InChI=1S/C33H37N3O5S/c1-21-11-8-9-16-25(21)18-36-32(40)30-33(36,4)42-20-35(30)31(39)28(38)26(17-24-14-6-5-7-15-24)34-27(37)19-41-29-22(2)12-10-13-23(29)3/h5-16,26,28,30,38H,17-20H2,1-4H3,(H,34,37)/t26-,28-,30+,33?/m0/s1. The van der Waals surface area contributed by atoms with Crippen molar-refractivity contribution >= 4 is 29.5 Å². The zero-order chi connectivity index (χ0) is 30.0. The first kappa shape index (κ1) is 29.7. The van der Waals surface area contributed by atoms with Gasteiger partial charge in [0, 0.05) is 6.54 Å². The number of aliphatic hydroxyl groups is 1. The Labute approximate surface area is 251 Å². The molecule has 220 valence electrons. The molecule has 0 aromatic heterocycles. The Bertz CT molecular complexity index is 1460. The number of nitrogens with one attached hydrogen (secondary N) is 1. The van der Waals surface area contributed by atoms with Gasteiger partial charge in [-0.25, -0.2) is 0 Å². The van der Waals surface area contributed by atoms with Crippen LogP contribution < -0.4 is 10.1 Å². The Balaban J connectivity index is 1.29. The largest absolute Gasteiger partial charge is 0.483 e. The van der Waals surface area contributed by atoms with Crippen molar-refractivity contribution < 1.29 is 24.2 Å². The number of aryl methyl sites for hydroxylation is 3. The topological polar surface area (TPSA) is 99.2 Å². The van der Waals surface area contributed by atoms with Crippen LogP contribution in [0.2, 0.25) is 0 Å². The number of ether oxygens (including phenoxy) is 1. The summed E-state index contributed by atoms with van der Waals surface area (Å²) in [5, 5.41) is 14.2. The first-order valence-electron chi connectivity index (χ1n) is 14.1. The Hall–Kier alpha value is -3.82. The molecule has 0 bridgehead atoms. The lowest BCUT2D eigenvalue weighted by molar-refractivity contribution is -0.168. The highest BCUT2D eigenvalue weighted by molar-refractivity contribution is 8.01. The second kappa shape index (κ2) is 12.2. The number of carbonyl (C=O) groups excluding carboxylic acids is 3. The molecule has 8 nitrogen and oxygen atoms in total. The second-order valence-corrected chi connectivity index (χ2v) is 12.6. The summed E-state index contributed by atoms with van der Waals surface area (Å²) in [6.07, 6.45) is -1.31. The van der Waals surface area contributed by atoms with Crippen LogP contribution in [0, 0.1) is 20.8 Å². The number of nitrogens with zero attached hydrogens (tertiary/aromatic N) is 2. The Morgan fingerprint density at radius 2 is 1.64 bits per heavy atom. The molecule has 0 spiro atoms. The van der Waals surface area contributed by atoms with Crippen molar-refractivity contribution in [3.63, 3.8) is 0 Å². The van der Waals surface area contributed by atoms with Gasteiger partial charge in [-0.2, -0.15) is 0 Å². The number of fused-ring (bicyclic) bond motifs is 1. The number of carbonyl (C=O) groups is 3. The molecule has 0 saturated carbocycles. The highest BCUT2D eigenvalue weighted by atomic mass is 32.2. The number of rotatable bonds is 10. The maximum Gasteiger partial charge on any atom is 0.258 e. The van der Waals surface area contributed by atoms with Crippen LogP contribution in [0.3, 0.4) is 0 Å². The molecule has 3 aromatic carbocycles. The van der Waals surface area contributed by atoms with Crippen LogP contribution in [0.1, 0.15) is 34.7 Å². The van der Waals surface area contributed by atoms with E-state index >= 15 is 0 Å². The maximum atomic E-state index is 13.7. The monoisotopic (exact) mass is 587 g/mol. The van der Waals surface area contributed by atoms with Gasteiger partial charge in [0.15, 0.2) is 12.7 Å². The molecular formula is C33H37N3O5S. The molecule has 5 rings (SSSR count). The molecule has 3 amide bonds. The predicted octanol–water partition coefficient (Wildman–Crippen LogP) is 3.74. The summed E-state index contributed by atoms with van der Waals surface area (Å²) >= 11 is 1.51. The second-order valence-electron chi connectivity index (χ2n) is 11.2. The van der Waals surface area contributed by atoms with Crippen LogP contribution in [0.4, 0.5) is 0 Å². The number of benzene rings is 3. The van der Waals surface area contributed by atoms with Gasteiger partial charge in [0.05, 0.1) is 11.9 Å². The lowest BCUT2D eigenvalue weighted by Crippen LogP contribution is -2.73. The van der Waals surface area contributed by atoms with Crippen molar-refractivity contribution in [2.75, 3.05) is 12.5 Å². The van der Waals surface area contributed by atoms with E-state index < -0.39 is 34.9 Å². The van der Waals surface area contributed by atoms with E-state index in [0.717, 1.165) is 27.8 Å². The number of aliphatic hydroxyl groups excluding tert-OH is 1. The van der Waals surface area contributed by atoms with E-state index in [1.165, 1.54) is 16.7 Å². The summed E-state index contributed by atoms with van der Waals surface area (Å²) in [6, 6.07) is 21.5. The fourth-order valence-electron chi connectivity index (χ4n) is 5.78. The van der Waals surface area contributed by atoms with Gasteiger partial charge in [0.25, 0.3) is 11.8 Å².